The summed E-state index contributed by atoms with van der Waals surface area (Å²) in [6.07, 6.45) is 0.240. The van der Waals surface area contributed by atoms with Crippen molar-refractivity contribution in [3.8, 4) is 5.75 Å². The minimum absolute atomic E-state index is 0.0480. The SMILES string of the molecule is C[C@@]1(N)CC(=O)c2ccccc2O1. The van der Waals surface area contributed by atoms with Crippen molar-refractivity contribution in [2.75, 3.05) is 0 Å². The third-order valence-corrected chi connectivity index (χ3v) is 2.04. The molecule has 0 saturated carbocycles. The molecule has 0 fully saturated rings. The zero-order valence-corrected chi connectivity index (χ0v) is 7.41. The van der Waals surface area contributed by atoms with E-state index < -0.39 is 5.72 Å². The topological polar surface area (TPSA) is 52.3 Å². The lowest BCUT2D eigenvalue weighted by Gasteiger charge is -2.30. The largest absolute Gasteiger partial charge is 0.472 e. The van der Waals surface area contributed by atoms with Crippen molar-refractivity contribution in [2.24, 2.45) is 5.73 Å². The average Bonchev–Trinajstić information content (AvgIpc) is 2.02. The fraction of sp³-hybridized carbons (Fsp3) is 0.300. The summed E-state index contributed by atoms with van der Waals surface area (Å²) in [6, 6.07) is 7.16. The van der Waals surface area contributed by atoms with E-state index in [1.54, 1.807) is 19.1 Å². The van der Waals surface area contributed by atoms with Crippen LogP contribution in [0.15, 0.2) is 24.3 Å². The van der Waals surface area contributed by atoms with Crippen LogP contribution in [0.1, 0.15) is 23.7 Å². The Balaban J connectivity index is 2.49. The van der Waals surface area contributed by atoms with Crippen LogP contribution >= 0.6 is 0 Å². The smallest absolute Gasteiger partial charge is 0.171 e. The molecule has 1 heterocycles. The van der Waals surface area contributed by atoms with Gasteiger partial charge in [0.2, 0.25) is 0 Å². The molecule has 0 saturated heterocycles. The van der Waals surface area contributed by atoms with Gasteiger partial charge in [-0.2, -0.15) is 0 Å². The lowest BCUT2D eigenvalue weighted by Crippen LogP contribution is -2.47. The van der Waals surface area contributed by atoms with Crippen LogP contribution in [0.4, 0.5) is 0 Å². The number of carbonyl (C=O) groups is 1. The maximum absolute atomic E-state index is 11.5. The Morgan fingerprint density at radius 1 is 1.46 bits per heavy atom. The van der Waals surface area contributed by atoms with Crippen LogP contribution in [0.2, 0.25) is 0 Å². The predicted octanol–water partition coefficient (Wildman–Crippen LogP) is 1.33. The second-order valence-electron chi connectivity index (χ2n) is 3.51. The molecule has 2 N–H and O–H groups in total. The number of para-hydroxylation sites is 1. The Labute approximate surface area is 76.5 Å². The summed E-state index contributed by atoms with van der Waals surface area (Å²) >= 11 is 0. The summed E-state index contributed by atoms with van der Waals surface area (Å²) in [5.41, 5.74) is 5.51. The molecule has 1 atom stereocenters. The van der Waals surface area contributed by atoms with Crippen LogP contribution < -0.4 is 10.5 Å². The molecular weight excluding hydrogens is 166 g/mol. The number of hydrogen-bond donors (Lipinski definition) is 1. The Morgan fingerprint density at radius 2 is 2.15 bits per heavy atom. The van der Waals surface area contributed by atoms with Gasteiger partial charge in [-0.05, 0) is 19.1 Å². The molecule has 0 aliphatic carbocycles. The Bertz CT molecular complexity index is 358. The Morgan fingerprint density at radius 3 is 2.92 bits per heavy atom. The highest BCUT2D eigenvalue weighted by Gasteiger charge is 2.32. The van der Waals surface area contributed by atoms with E-state index in [4.69, 9.17) is 10.5 Å². The molecule has 0 spiro atoms. The zero-order chi connectivity index (χ0) is 9.47. The van der Waals surface area contributed by atoms with Gasteiger partial charge in [-0.15, -0.1) is 0 Å². The van der Waals surface area contributed by atoms with Crippen molar-refractivity contribution >= 4 is 5.78 Å². The van der Waals surface area contributed by atoms with Gasteiger partial charge >= 0.3 is 0 Å². The molecule has 2 rings (SSSR count). The normalized spacial score (nSPS) is 26.5. The number of fused-ring (bicyclic) bond motifs is 1. The maximum atomic E-state index is 11.5. The van der Waals surface area contributed by atoms with Crippen LogP contribution in [-0.2, 0) is 0 Å². The Hall–Kier alpha value is -1.35. The van der Waals surface area contributed by atoms with E-state index in [1.165, 1.54) is 0 Å². The molecule has 3 heteroatoms. The van der Waals surface area contributed by atoms with Crippen LogP contribution in [0, 0.1) is 0 Å². The number of ketones is 1. The van der Waals surface area contributed by atoms with Gasteiger partial charge in [0.15, 0.2) is 11.5 Å². The summed E-state index contributed by atoms with van der Waals surface area (Å²) in [5.74, 6) is 0.635. The summed E-state index contributed by atoms with van der Waals surface area (Å²) in [7, 11) is 0. The highest BCUT2D eigenvalue weighted by atomic mass is 16.5. The molecule has 1 aromatic carbocycles. The third-order valence-electron chi connectivity index (χ3n) is 2.04. The number of benzene rings is 1. The van der Waals surface area contributed by atoms with E-state index in [0.29, 0.717) is 11.3 Å². The number of nitrogens with two attached hydrogens (primary N) is 1. The van der Waals surface area contributed by atoms with Crippen molar-refractivity contribution in [1.29, 1.82) is 0 Å². The van der Waals surface area contributed by atoms with E-state index >= 15 is 0 Å². The van der Waals surface area contributed by atoms with E-state index in [0.717, 1.165) is 0 Å². The fourth-order valence-corrected chi connectivity index (χ4v) is 1.49. The molecular formula is C10H11NO2. The van der Waals surface area contributed by atoms with Crippen molar-refractivity contribution in [1.82, 2.24) is 0 Å². The molecule has 0 bridgehead atoms. The quantitative estimate of drug-likeness (QED) is 0.650. The third kappa shape index (κ3) is 1.42. The summed E-state index contributed by atoms with van der Waals surface area (Å²) < 4.78 is 5.45. The van der Waals surface area contributed by atoms with Gasteiger partial charge < -0.3 is 4.74 Å². The van der Waals surface area contributed by atoms with Crippen molar-refractivity contribution in [2.45, 2.75) is 19.1 Å². The van der Waals surface area contributed by atoms with Crippen molar-refractivity contribution in [3.05, 3.63) is 29.8 Å². The maximum Gasteiger partial charge on any atom is 0.171 e. The summed E-state index contributed by atoms with van der Waals surface area (Å²) in [5, 5.41) is 0. The van der Waals surface area contributed by atoms with E-state index in [2.05, 4.69) is 0 Å². The predicted molar refractivity (Wildman–Crippen MR) is 48.6 cm³/mol. The molecule has 0 amide bonds. The number of rotatable bonds is 0. The first-order valence-corrected chi connectivity index (χ1v) is 4.19. The highest BCUT2D eigenvalue weighted by molar-refractivity contribution is 6.00. The van der Waals surface area contributed by atoms with Gasteiger partial charge in [0.25, 0.3) is 0 Å². The second kappa shape index (κ2) is 2.57. The number of carbonyl (C=O) groups excluding carboxylic acids is 1. The second-order valence-corrected chi connectivity index (χ2v) is 3.51. The van der Waals surface area contributed by atoms with E-state index in [-0.39, 0.29) is 12.2 Å². The standard InChI is InChI=1S/C10H11NO2/c1-10(11)6-8(12)7-4-2-3-5-9(7)13-10/h2-5H,6,11H2,1H3/t10-/m0/s1. The minimum atomic E-state index is -0.856. The van der Waals surface area contributed by atoms with Crippen LogP contribution in [0.5, 0.6) is 5.75 Å². The van der Waals surface area contributed by atoms with Gasteiger partial charge in [0.05, 0.1) is 12.0 Å². The van der Waals surface area contributed by atoms with Gasteiger partial charge in [-0.3, -0.25) is 10.5 Å². The molecule has 0 radical (unpaired) electrons. The molecule has 68 valence electrons. The Kier molecular flexibility index (Phi) is 1.63. The number of Topliss-reactive ketones (excluding diaryl/α,β-unsaturated/α-hetero) is 1. The van der Waals surface area contributed by atoms with Crippen molar-refractivity contribution in [3.63, 3.8) is 0 Å². The molecule has 3 nitrogen and oxygen atoms in total. The molecule has 1 aromatic rings. The first-order chi connectivity index (χ1) is 6.08. The summed E-state index contributed by atoms with van der Waals surface area (Å²) in [6.45, 7) is 1.71. The van der Waals surface area contributed by atoms with Crippen LogP contribution in [0.25, 0.3) is 0 Å². The molecule has 13 heavy (non-hydrogen) atoms. The molecule has 1 aliphatic heterocycles. The minimum Gasteiger partial charge on any atom is -0.472 e. The van der Waals surface area contributed by atoms with Crippen LogP contribution in [-0.4, -0.2) is 11.5 Å². The van der Waals surface area contributed by atoms with E-state index in [9.17, 15) is 4.79 Å². The first kappa shape index (κ1) is 8.26. The van der Waals surface area contributed by atoms with Gasteiger partial charge in [-0.1, -0.05) is 12.1 Å². The van der Waals surface area contributed by atoms with Gasteiger partial charge in [0, 0.05) is 0 Å². The monoisotopic (exact) mass is 177 g/mol. The van der Waals surface area contributed by atoms with Crippen LogP contribution in [0.3, 0.4) is 0 Å². The van der Waals surface area contributed by atoms with Crippen molar-refractivity contribution < 1.29 is 9.53 Å². The highest BCUT2D eigenvalue weighted by Crippen LogP contribution is 2.29. The average molecular weight is 177 g/mol. The van der Waals surface area contributed by atoms with Gasteiger partial charge in [-0.25, -0.2) is 0 Å². The number of ether oxygens (including phenoxy) is 1. The lowest BCUT2D eigenvalue weighted by atomic mass is 9.98. The number of hydrogen-bond acceptors (Lipinski definition) is 3. The summed E-state index contributed by atoms with van der Waals surface area (Å²) in [4.78, 5) is 11.5. The van der Waals surface area contributed by atoms with Gasteiger partial charge in [0.1, 0.15) is 5.75 Å². The molecule has 0 unspecified atom stereocenters. The molecule has 0 aromatic heterocycles. The zero-order valence-electron chi connectivity index (χ0n) is 7.41. The first-order valence-electron chi connectivity index (χ1n) is 4.19. The molecule has 1 aliphatic rings. The van der Waals surface area contributed by atoms with E-state index in [1.807, 2.05) is 12.1 Å². The lowest BCUT2D eigenvalue weighted by molar-refractivity contribution is 0.0559. The fourth-order valence-electron chi connectivity index (χ4n) is 1.49.